The highest BCUT2D eigenvalue weighted by atomic mass is 16.5. The molecule has 100 valence electrons. The third kappa shape index (κ3) is 2.45. The molecule has 1 fully saturated rings. The molecule has 2 unspecified atom stereocenters. The lowest BCUT2D eigenvalue weighted by atomic mass is 10.2. The molecule has 1 aromatic heterocycles. The standard InChI is InChI=1S/C13H15N3O3/c1-18-10-4-2-8(3-5-10)12-15-13(19-16-12)11-6-9(17)7-14-11/h2-5,9,11,14,17H,6-7H2,1H3. The highest BCUT2D eigenvalue weighted by Crippen LogP contribution is 2.25. The molecule has 0 bridgehead atoms. The molecule has 2 heterocycles. The molecule has 2 N–H and O–H groups in total. The molecule has 2 aromatic rings. The summed E-state index contributed by atoms with van der Waals surface area (Å²) in [7, 11) is 1.62. The Kier molecular flexibility index (Phi) is 3.18. The third-order valence-corrected chi connectivity index (χ3v) is 3.20. The van der Waals surface area contributed by atoms with Gasteiger partial charge in [-0.25, -0.2) is 0 Å². The lowest BCUT2D eigenvalue weighted by Gasteiger charge is -2.01. The number of ether oxygens (including phenoxy) is 1. The number of β-amino-alcohol motifs (C(OH)–C–C–N with tert-alkyl or cyclic N) is 1. The predicted octanol–water partition coefficient (Wildman–Crippen LogP) is 1.14. The SMILES string of the molecule is COc1ccc(-c2noc(C3CC(O)CN3)n2)cc1. The Hall–Kier alpha value is -1.92. The molecule has 2 atom stereocenters. The minimum atomic E-state index is -0.346. The van der Waals surface area contributed by atoms with Crippen LogP contribution in [0.4, 0.5) is 0 Å². The Labute approximate surface area is 110 Å². The Morgan fingerprint density at radius 2 is 2.16 bits per heavy atom. The van der Waals surface area contributed by atoms with Gasteiger partial charge in [-0.1, -0.05) is 5.16 Å². The van der Waals surface area contributed by atoms with E-state index in [-0.39, 0.29) is 12.1 Å². The molecular weight excluding hydrogens is 246 g/mol. The van der Waals surface area contributed by atoms with Gasteiger partial charge in [0.1, 0.15) is 5.75 Å². The van der Waals surface area contributed by atoms with Crippen molar-refractivity contribution in [2.45, 2.75) is 18.6 Å². The summed E-state index contributed by atoms with van der Waals surface area (Å²) in [4.78, 5) is 4.36. The molecule has 6 heteroatoms. The second kappa shape index (κ2) is 4.99. The number of methoxy groups -OCH3 is 1. The third-order valence-electron chi connectivity index (χ3n) is 3.20. The Balaban J connectivity index is 1.80. The molecule has 0 saturated carbocycles. The maximum Gasteiger partial charge on any atom is 0.244 e. The fourth-order valence-corrected chi connectivity index (χ4v) is 2.14. The number of hydrogen-bond donors (Lipinski definition) is 2. The van der Waals surface area contributed by atoms with Crippen LogP contribution < -0.4 is 10.1 Å². The van der Waals surface area contributed by atoms with Crippen LogP contribution in [-0.4, -0.2) is 35.0 Å². The van der Waals surface area contributed by atoms with E-state index < -0.39 is 0 Å². The molecule has 1 aromatic carbocycles. The summed E-state index contributed by atoms with van der Waals surface area (Å²) in [5.41, 5.74) is 0.870. The van der Waals surface area contributed by atoms with Gasteiger partial charge in [-0.15, -0.1) is 0 Å². The molecule has 0 amide bonds. The van der Waals surface area contributed by atoms with Crippen LogP contribution in [0.2, 0.25) is 0 Å². The molecule has 1 aliphatic rings. The lowest BCUT2D eigenvalue weighted by Crippen LogP contribution is -2.15. The van der Waals surface area contributed by atoms with Crippen molar-refractivity contribution in [1.29, 1.82) is 0 Å². The van der Waals surface area contributed by atoms with Gasteiger partial charge in [-0.05, 0) is 30.7 Å². The van der Waals surface area contributed by atoms with Gasteiger partial charge in [0.2, 0.25) is 11.7 Å². The molecule has 0 aliphatic carbocycles. The van der Waals surface area contributed by atoms with E-state index in [1.807, 2.05) is 24.3 Å². The molecule has 0 radical (unpaired) electrons. The number of aromatic nitrogens is 2. The molecule has 19 heavy (non-hydrogen) atoms. The van der Waals surface area contributed by atoms with Crippen molar-refractivity contribution < 1.29 is 14.4 Å². The highest BCUT2D eigenvalue weighted by Gasteiger charge is 2.28. The summed E-state index contributed by atoms with van der Waals surface area (Å²) in [6.45, 7) is 0.560. The first-order valence-corrected chi connectivity index (χ1v) is 6.16. The molecule has 3 rings (SSSR count). The van der Waals surface area contributed by atoms with Gasteiger partial charge in [0, 0.05) is 12.1 Å². The quantitative estimate of drug-likeness (QED) is 0.862. The number of nitrogens with zero attached hydrogens (tertiary/aromatic N) is 2. The van der Waals surface area contributed by atoms with E-state index in [1.165, 1.54) is 0 Å². The lowest BCUT2D eigenvalue weighted by molar-refractivity contribution is 0.191. The van der Waals surface area contributed by atoms with Gasteiger partial charge in [-0.3, -0.25) is 0 Å². The Bertz CT molecular complexity index is 553. The predicted molar refractivity (Wildman–Crippen MR) is 67.7 cm³/mol. The Morgan fingerprint density at radius 3 is 2.79 bits per heavy atom. The van der Waals surface area contributed by atoms with E-state index in [1.54, 1.807) is 7.11 Å². The van der Waals surface area contributed by atoms with E-state index in [9.17, 15) is 5.11 Å². The van der Waals surface area contributed by atoms with Crippen LogP contribution in [0, 0.1) is 0 Å². The molecule has 0 spiro atoms. The normalized spacial score (nSPS) is 22.6. The van der Waals surface area contributed by atoms with E-state index in [2.05, 4.69) is 15.5 Å². The van der Waals surface area contributed by atoms with Crippen molar-refractivity contribution in [1.82, 2.24) is 15.5 Å². The van der Waals surface area contributed by atoms with Crippen molar-refractivity contribution in [3.05, 3.63) is 30.2 Å². The van der Waals surface area contributed by atoms with E-state index in [0.717, 1.165) is 11.3 Å². The zero-order chi connectivity index (χ0) is 13.2. The van der Waals surface area contributed by atoms with E-state index >= 15 is 0 Å². The van der Waals surface area contributed by atoms with Crippen LogP contribution in [0.1, 0.15) is 18.4 Å². The number of rotatable bonds is 3. The fourth-order valence-electron chi connectivity index (χ4n) is 2.14. The molecular formula is C13H15N3O3. The minimum Gasteiger partial charge on any atom is -0.497 e. The van der Waals surface area contributed by atoms with Gasteiger partial charge < -0.3 is 19.7 Å². The van der Waals surface area contributed by atoms with Crippen LogP contribution in [-0.2, 0) is 0 Å². The fraction of sp³-hybridized carbons (Fsp3) is 0.385. The van der Waals surface area contributed by atoms with Crippen LogP contribution in [0.25, 0.3) is 11.4 Å². The van der Waals surface area contributed by atoms with Crippen LogP contribution >= 0.6 is 0 Å². The van der Waals surface area contributed by atoms with E-state index in [4.69, 9.17) is 9.26 Å². The smallest absolute Gasteiger partial charge is 0.244 e. The second-order valence-electron chi connectivity index (χ2n) is 4.54. The largest absolute Gasteiger partial charge is 0.497 e. The number of aliphatic hydroxyl groups is 1. The summed E-state index contributed by atoms with van der Waals surface area (Å²) < 4.78 is 10.3. The zero-order valence-corrected chi connectivity index (χ0v) is 10.5. The number of benzene rings is 1. The minimum absolute atomic E-state index is 0.0606. The monoisotopic (exact) mass is 261 g/mol. The van der Waals surface area contributed by atoms with Crippen molar-refractivity contribution in [2.24, 2.45) is 0 Å². The van der Waals surface area contributed by atoms with Crippen LogP contribution in [0.3, 0.4) is 0 Å². The maximum atomic E-state index is 9.48. The first-order valence-electron chi connectivity index (χ1n) is 6.16. The maximum absolute atomic E-state index is 9.48. The van der Waals surface area contributed by atoms with Gasteiger partial charge in [0.05, 0.1) is 19.3 Å². The summed E-state index contributed by atoms with van der Waals surface area (Å²) in [6.07, 6.45) is 0.255. The average Bonchev–Trinajstić information content (AvgIpc) is 3.07. The van der Waals surface area contributed by atoms with Crippen molar-refractivity contribution in [2.75, 3.05) is 13.7 Å². The number of nitrogens with one attached hydrogen (secondary N) is 1. The highest BCUT2D eigenvalue weighted by molar-refractivity contribution is 5.55. The first-order chi connectivity index (χ1) is 9.26. The van der Waals surface area contributed by atoms with Gasteiger partial charge in [0.25, 0.3) is 0 Å². The van der Waals surface area contributed by atoms with Gasteiger partial charge >= 0.3 is 0 Å². The zero-order valence-electron chi connectivity index (χ0n) is 10.5. The number of aliphatic hydroxyl groups excluding tert-OH is 1. The second-order valence-corrected chi connectivity index (χ2v) is 4.54. The van der Waals surface area contributed by atoms with Crippen molar-refractivity contribution in [3.8, 4) is 17.1 Å². The first kappa shape index (κ1) is 12.1. The summed E-state index contributed by atoms with van der Waals surface area (Å²) in [5.74, 6) is 1.84. The summed E-state index contributed by atoms with van der Waals surface area (Å²) in [5, 5.41) is 16.6. The summed E-state index contributed by atoms with van der Waals surface area (Å²) in [6, 6.07) is 7.40. The van der Waals surface area contributed by atoms with Crippen molar-refractivity contribution >= 4 is 0 Å². The van der Waals surface area contributed by atoms with Crippen molar-refractivity contribution in [3.63, 3.8) is 0 Å². The van der Waals surface area contributed by atoms with Crippen LogP contribution in [0.5, 0.6) is 5.75 Å². The molecule has 1 saturated heterocycles. The summed E-state index contributed by atoms with van der Waals surface area (Å²) >= 11 is 0. The average molecular weight is 261 g/mol. The van der Waals surface area contributed by atoms with E-state index in [0.29, 0.717) is 24.7 Å². The molecule has 1 aliphatic heterocycles. The topological polar surface area (TPSA) is 80.4 Å². The molecule has 6 nitrogen and oxygen atoms in total. The van der Waals surface area contributed by atoms with Gasteiger partial charge in [-0.2, -0.15) is 4.98 Å². The number of hydrogen-bond acceptors (Lipinski definition) is 6. The van der Waals surface area contributed by atoms with Crippen LogP contribution in [0.15, 0.2) is 28.8 Å². The Morgan fingerprint density at radius 1 is 1.37 bits per heavy atom. The van der Waals surface area contributed by atoms with Gasteiger partial charge in [0.15, 0.2) is 0 Å².